The average molecular weight is 284 g/mol. The number of hydrogen-bond donors (Lipinski definition) is 1. The van der Waals surface area contributed by atoms with E-state index in [-0.39, 0.29) is 11.9 Å². The minimum atomic E-state index is -0.0751. The van der Waals surface area contributed by atoms with Gasteiger partial charge in [-0.3, -0.25) is 9.78 Å². The molecule has 0 bridgehead atoms. The average Bonchev–Trinajstić information content (AvgIpc) is 2.25. The normalized spacial score (nSPS) is 21.2. The van der Waals surface area contributed by atoms with Crippen LogP contribution in [0.1, 0.15) is 12.5 Å². The van der Waals surface area contributed by atoms with Gasteiger partial charge in [-0.25, -0.2) is 0 Å². The molecule has 0 aliphatic carbocycles. The van der Waals surface area contributed by atoms with E-state index < -0.39 is 0 Å². The molecule has 1 unspecified atom stereocenters. The summed E-state index contributed by atoms with van der Waals surface area (Å²) in [5, 5.41) is 3.14. The predicted octanol–water partition coefficient (Wildman–Crippen LogP) is 1.16. The molecule has 2 rings (SSSR count). The summed E-state index contributed by atoms with van der Waals surface area (Å²) in [7, 11) is 0. The molecule has 1 aliphatic rings. The molecule has 1 atom stereocenters. The Kier molecular flexibility index (Phi) is 3.56. The molecule has 4 nitrogen and oxygen atoms in total. The number of carbonyl (C=O) groups is 1. The fraction of sp³-hybridized carbons (Fsp3) is 0.455. The van der Waals surface area contributed by atoms with Crippen LogP contribution in [0, 0.1) is 0 Å². The van der Waals surface area contributed by atoms with Crippen molar-refractivity contribution in [2.75, 3.05) is 13.1 Å². The highest BCUT2D eigenvalue weighted by molar-refractivity contribution is 9.10. The van der Waals surface area contributed by atoms with E-state index in [9.17, 15) is 4.79 Å². The Morgan fingerprint density at radius 2 is 2.44 bits per heavy atom. The van der Waals surface area contributed by atoms with E-state index in [4.69, 9.17) is 0 Å². The maximum atomic E-state index is 11.8. The lowest BCUT2D eigenvalue weighted by molar-refractivity contribution is -0.135. The van der Waals surface area contributed by atoms with E-state index in [0.29, 0.717) is 6.54 Å². The number of hydrogen-bond acceptors (Lipinski definition) is 3. The van der Waals surface area contributed by atoms with Crippen molar-refractivity contribution in [3.05, 3.63) is 28.5 Å². The molecular weight excluding hydrogens is 270 g/mol. The van der Waals surface area contributed by atoms with Gasteiger partial charge in [-0.05, 0) is 34.5 Å². The molecule has 0 radical (unpaired) electrons. The molecule has 1 N–H and O–H groups in total. The van der Waals surface area contributed by atoms with Gasteiger partial charge in [0.2, 0.25) is 5.91 Å². The third kappa shape index (κ3) is 2.59. The summed E-state index contributed by atoms with van der Waals surface area (Å²) in [6.07, 6.45) is 3.54. The zero-order chi connectivity index (χ0) is 11.5. The van der Waals surface area contributed by atoms with Crippen LogP contribution in [0.3, 0.4) is 0 Å². The van der Waals surface area contributed by atoms with Gasteiger partial charge in [0.05, 0.1) is 6.04 Å². The number of rotatable bonds is 2. The van der Waals surface area contributed by atoms with Crippen LogP contribution in [0.4, 0.5) is 0 Å². The molecule has 0 saturated carbocycles. The Morgan fingerprint density at radius 1 is 1.62 bits per heavy atom. The highest BCUT2D eigenvalue weighted by atomic mass is 79.9. The number of nitrogens with zero attached hydrogens (tertiary/aromatic N) is 2. The molecule has 1 aromatic rings. The molecule has 1 aromatic heterocycles. The molecule has 16 heavy (non-hydrogen) atoms. The lowest BCUT2D eigenvalue weighted by Crippen LogP contribution is -2.53. The van der Waals surface area contributed by atoms with E-state index >= 15 is 0 Å². The third-order valence-corrected chi connectivity index (χ3v) is 3.08. The lowest BCUT2D eigenvalue weighted by atomic mass is 10.2. The number of halogens is 1. The topological polar surface area (TPSA) is 45.2 Å². The summed E-state index contributed by atoms with van der Waals surface area (Å²) < 4.78 is 0.945. The number of nitrogens with one attached hydrogen (secondary N) is 1. The zero-order valence-electron chi connectivity index (χ0n) is 9.11. The first-order chi connectivity index (χ1) is 7.66. The van der Waals surface area contributed by atoms with Crippen LogP contribution in [-0.2, 0) is 11.3 Å². The van der Waals surface area contributed by atoms with Crippen molar-refractivity contribution in [1.29, 1.82) is 0 Å². The van der Waals surface area contributed by atoms with Gasteiger partial charge in [-0.1, -0.05) is 0 Å². The van der Waals surface area contributed by atoms with Gasteiger partial charge >= 0.3 is 0 Å². The van der Waals surface area contributed by atoms with Crippen molar-refractivity contribution >= 4 is 21.8 Å². The predicted molar refractivity (Wildman–Crippen MR) is 64.8 cm³/mol. The van der Waals surface area contributed by atoms with Crippen LogP contribution in [0.2, 0.25) is 0 Å². The van der Waals surface area contributed by atoms with Crippen molar-refractivity contribution in [2.24, 2.45) is 0 Å². The number of amides is 1. The Balaban J connectivity index is 2.06. The summed E-state index contributed by atoms with van der Waals surface area (Å²) in [6, 6.07) is 1.92. The third-order valence-electron chi connectivity index (χ3n) is 2.65. The molecule has 1 saturated heterocycles. The first kappa shape index (κ1) is 11.5. The van der Waals surface area contributed by atoms with Crippen LogP contribution in [0.5, 0.6) is 0 Å². The highest BCUT2D eigenvalue weighted by Gasteiger charge is 2.24. The van der Waals surface area contributed by atoms with Crippen molar-refractivity contribution in [3.63, 3.8) is 0 Å². The standard InChI is InChI=1S/C11H14BrN3O/c1-8-11(16)15(3-2-14-8)7-9-4-10(12)6-13-5-9/h4-6,8,14H,2-3,7H2,1H3. The molecule has 5 heteroatoms. The second kappa shape index (κ2) is 4.93. The Bertz CT molecular complexity index is 397. The number of piperazine rings is 1. The number of pyridine rings is 1. The molecule has 2 heterocycles. The minimum absolute atomic E-state index is 0.0751. The molecule has 1 amide bonds. The summed E-state index contributed by atoms with van der Waals surface area (Å²) in [5.41, 5.74) is 1.05. The number of aromatic nitrogens is 1. The van der Waals surface area contributed by atoms with Crippen LogP contribution >= 0.6 is 15.9 Å². The van der Waals surface area contributed by atoms with Crippen molar-refractivity contribution in [3.8, 4) is 0 Å². The first-order valence-electron chi connectivity index (χ1n) is 5.28. The van der Waals surface area contributed by atoms with Gasteiger partial charge in [-0.15, -0.1) is 0 Å². The zero-order valence-corrected chi connectivity index (χ0v) is 10.7. The monoisotopic (exact) mass is 283 g/mol. The second-order valence-electron chi connectivity index (χ2n) is 3.95. The van der Waals surface area contributed by atoms with Crippen molar-refractivity contribution in [2.45, 2.75) is 19.5 Å². The Labute approximate surface area is 103 Å². The molecule has 0 spiro atoms. The second-order valence-corrected chi connectivity index (χ2v) is 4.86. The summed E-state index contributed by atoms with van der Waals surface area (Å²) >= 11 is 3.38. The largest absolute Gasteiger partial charge is 0.336 e. The van der Waals surface area contributed by atoms with Crippen LogP contribution in [-0.4, -0.2) is 34.9 Å². The molecule has 86 valence electrons. The van der Waals surface area contributed by atoms with Crippen LogP contribution in [0.15, 0.2) is 22.9 Å². The quantitative estimate of drug-likeness (QED) is 0.886. The van der Waals surface area contributed by atoms with E-state index in [1.165, 1.54) is 0 Å². The SMILES string of the molecule is CC1NCCN(Cc2cncc(Br)c2)C1=O. The lowest BCUT2D eigenvalue weighted by Gasteiger charge is -2.31. The van der Waals surface area contributed by atoms with Gasteiger partial charge in [0.25, 0.3) is 0 Å². The van der Waals surface area contributed by atoms with Gasteiger partial charge in [0.1, 0.15) is 0 Å². The molecule has 1 fully saturated rings. The van der Waals surface area contributed by atoms with E-state index in [1.54, 1.807) is 12.4 Å². The fourth-order valence-corrected chi connectivity index (χ4v) is 2.22. The van der Waals surface area contributed by atoms with Gasteiger partial charge < -0.3 is 10.2 Å². The molecule has 1 aliphatic heterocycles. The summed E-state index contributed by atoms with van der Waals surface area (Å²) in [6.45, 7) is 4.15. The van der Waals surface area contributed by atoms with Crippen LogP contribution < -0.4 is 5.32 Å². The van der Waals surface area contributed by atoms with Crippen molar-refractivity contribution in [1.82, 2.24) is 15.2 Å². The Morgan fingerprint density at radius 3 is 3.19 bits per heavy atom. The fourth-order valence-electron chi connectivity index (χ4n) is 1.81. The first-order valence-corrected chi connectivity index (χ1v) is 6.08. The van der Waals surface area contributed by atoms with E-state index in [2.05, 4.69) is 26.2 Å². The maximum absolute atomic E-state index is 11.8. The van der Waals surface area contributed by atoms with Gasteiger partial charge in [0.15, 0.2) is 0 Å². The smallest absolute Gasteiger partial charge is 0.239 e. The van der Waals surface area contributed by atoms with Gasteiger partial charge in [-0.2, -0.15) is 0 Å². The molecular formula is C11H14BrN3O. The minimum Gasteiger partial charge on any atom is -0.336 e. The van der Waals surface area contributed by atoms with E-state index in [1.807, 2.05) is 17.9 Å². The Hall–Kier alpha value is -0.940. The van der Waals surface area contributed by atoms with E-state index in [0.717, 1.165) is 23.1 Å². The molecule has 0 aromatic carbocycles. The maximum Gasteiger partial charge on any atom is 0.239 e. The van der Waals surface area contributed by atoms with Gasteiger partial charge in [0, 0.05) is 36.5 Å². The van der Waals surface area contributed by atoms with Crippen molar-refractivity contribution < 1.29 is 4.79 Å². The highest BCUT2D eigenvalue weighted by Crippen LogP contribution is 2.13. The summed E-state index contributed by atoms with van der Waals surface area (Å²) in [5.74, 6) is 0.159. The van der Waals surface area contributed by atoms with Crippen LogP contribution in [0.25, 0.3) is 0 Å². The number of carbonyl (C=O) groups excluding carboxylic acids is 1. The summed E-state index contributed by atoms with van der Waals surface area (Å²) in [4.78, 5) is 17.8.